The molecule has 4 aromatic rings. The number of amides is 2. The van der Waals surface area contributed by atoms with Gasteiger partial charge in [0.1, 0.15) is 9.88 Å². The Bertz CT molecular complexity index is 1190. The van der Waals surface area contributed by atoms with E-state index in [4.69, 9.17) is 16.3 Å². The van der Waals surface area contributed by atoms with Crippen LogP contribution in [0.15, 0.2) is 53.9 Å². The molecule has 0 atom stereocenters. The molecule has 2 heterocycles. The number of nitrogens with zero attached hydrogens (tertiary/aromatic N) is 1. The van der Waals surface area contributed by atoms with Gasteiger partial charge < -0.3 is 15.4 Å². The number of carbonyl (C=O) groups is 2. The monoisotopic (exact) mass is 443 g/mol. The van der Waals surface area contributed by atoms with E-state index < -0.39 is 12.0 Å². The fourth-order valence-electron chi connectivity index (χ4n) is 2.70. The summed E-state index contributed by atoms with van der Waals surface area (Å²) in [5.41, 5.74) is 2.62. The number of nitrogens with one attached hydrogen (secondary N) is 2. The van der Waals surface area contributed by atoms with Gasteiger partial charge in [0.25, 0.3) is 0 Å². The Labute approximate surface area is 179 Å². The van der Waals surface area contributed by atoms with Gasteiger partial charge in [-0.15, -0.1) is 22.7 Å². The van der Waals surface area contributed by atoms with Crippen LogP contribution in [0.3, 0.4) is 0 Å². The molecular formula is C20H14ClN3O3S2. The molecule has 0 radical (unpaired) electrons. The highest BCUT2D eigenvalue weighted by atomic mass is 35.5. The summed E-state index contributed by atoms with van der Waals surface area (Å²) in [5.74, 6) is -0.501. The SMILES string of the molecule is COC(=O)c1sccc1NC(=O)Nc1ccc(-c2nc3ccccc3s2)c(Cl)c1. The number of ether oxygens (including phenoxy) is 1. The minimum atomic E-state index is -0.501. The molecule has 2 aromatic carbocycles. The molecule has 0 unspecified atom stereocenters. The van der Waals surface area contributed by atoms with Crippen molar-refractivity contribution < 1.29 is 14.3 Å². The Morgan fingerprint density at radius 1 is 1.10 bits per heavy atom. The number of halogens is 1. The van der Waals surface area contributed by atoms with Crippen molar-refractivity contribution in [3.05, 3.63) is 63.8 Å². The fourth-order valence-corrected chi connectivity index (χ4v) is 4.79. The van der Waals surface area contributed by atoms with Crippen LogP contribution in [0.4, 0.5) is 16.2 Å². The Hall–Kier alpha value is -2.94. The van der Waals surface area contributed by atoms with E-state index in [1.165, 1.54) is 18.4 Å². The lowest BCUT2D eigenvalue weighted by molar-refractivity contribution is 0.0607. The summed E-state index contributed by atoms with van der Waals surface area (Å²) in [7, 11) is 1.29. The Morgan fingerprint density at radius 3 is 2.69 bits per heavy atom. The van der Waals surface area contributed by atoms with E-state index in [-0.39, 0.29) is 0 Å². The molecule has 0 aliphatic heterocycles. The average Bonchev–Trinajstić information content (AvgIpc) is 3.34. The van der Waals surface area contributed by atoms with E-state index in [0.29, 0.717) is 21.3 Å². The van der Waals surface area contributed by atoms with Gasteiger partial charge in [-0.3, -0.25) is 0 Å². The second kappa shape index (κ2) is 8.20. The zero-order valence-electron chi connectivity index (χ0n) is 15.1. The number of hydrogen-bond acceptors (Lipinski definition) is 6. The molecule has 0 bridgehead atoms. The predicted molar refractivity (Wildman–Crippen MR) is 118 cm³/mol. The molecule has 9 heteroatoms. The molecule has 0 saturated carbocycles. The summed E-state index contributed by atoms with van der Waals surface area (Å²) in [6.45, 7) is 0. The van der Waals surface area contributed by atoms with Gasteiger partial charge in [-0.25, -0.2) is 14.6 Å². The van der Waals surface area contributed by atoms with Gasteiger partial charge in [0, 0.05) is 11.3 Å². The van der Waals surface area contributed by atoms with Crippen molar-refractivity contribution in [2.45, 2.75) is 0 Å². The number of urea groups is 1. The van der Waals surface area contributed by atoms with Crippen LogP contribution in [0.2, 0.25) is 5.02 Å². The normalized spacial score (nSPS) is 10.7. The maximum Gasteiger partial charge on any atom is 0.350 e. The second-order valence-electron chi connectivity index (χ2n) is 5.92. The van der Waals surface area contributed by atoms with Gasteiger partial charge >= 0.3 is 12.0 Å². The largest absolute Gasteiger partial charge is 0.465 e. The first-order valence-electron chi connectivity index (χ1n) is 8.44. The van der Waals surface area contributed by atoms with Gasteiger partial charge in [-0.05, 0) is 41.8 Å². The number of methoxy groups -OCH3 is 1. The molecule has 0 spiro atoms. The molecule has 29 heavy (non-hydrogen) atoms. The maximum absolute atomic E-state index is 12.3. The zero-order valence-corrected chi connectivity index (χ0v) is 17.5. The van der Waals surface area contributed by atoms with Crippen LogP contribution in [0.5, 0.6) is 0 Å². The van der Waals surface area contributed by atoms with Crippen molar-refractivity contribution in [3.8, 4) is 10.6 Å². The van der Waals surface area contributed by atoms with Crippen LogP contribution in [0, 0.1) is 0 Å². The van der Waals surface area contributed by atoms with Gasteiger partial charge in [-0.2, -0.15) is 0 Å². The first-order chi connectivity index (χ1) is 14.0. The van der Waals surface area contributed by atoms with E-state index >= 15 is 0 Å². The van der Waals surface area contributed by atoms with E-state index in [1.807, 2.05) is 30.3 Å². The van der Waals surface area contributed by atoms with Crippen molar-refractivity contribution in [2.24, 2.45) is 0 Å². The Kier molecular flexibility index (Phi) is 5.48. The number of esters is 1. The standard InChI is InChI=1S/C20H14ClN3O3S2/c1-27-19(25)17-15(8-9-28-17)24-20(26)22-11-6-7-12(13(21)10-11)18-23-14-4-2-3-5-16(14)29-18/h2-10H,1H3,(H2,22,24,26). The van der Waals surface area contributed by atoms with E-state index in [1.54, 1.807) is 34.9 Å². The highest BCUT2D eigenvalue weighted by Crippen LogP contribution is 2.35. The lowest BCUT2D eigenvalue weighted by Gasteiger charge is -2.09. The quantitative estimate of drug-likeness (QED) is 0.373. The van der Waals surface area contributed by atoms with Gasteiger partial charge in [0.2, 0.25) is 0 Å². The molecule has 6 nitrogen and oxygen atoms in total. The summed E-state index contributed by atoms with van der Waals surface area (Å²) >= 11 is 9.18. The summed E-state index contributed by atoms with van der Waals surface area (Å²) in [6, 6.07) is 14.3. The lowest BCUT2D eigenvalue weighted by atomic mass is 10.2. The smallest absolute Gasteiger partial charge is 0.350 e. The minimum Gasteiger partial charge on any atom is -0.465 e. The number of thiazole rings is 1. The minimum absolute atomic E-state index is 0.326. The number of carbonyl (C=O) groups excluding carboxylic acids is 2. The van der Waals surface area contributed by atoms with Crippen LogP contribution in [0.25, 0.3) is 20.8 Å². The number of benzene rings is 2. The molecule has 2 amide bonds. The molecule has 0 aliphatic carbocycles. The van der Waals surface area contributed by atoms with Crippen molar-refractivity contribution in [3.63, 3.8) is 0 Å². The third-order valence-corrected chi connectivity index (χ3v) is 6.31. The van der Waals surface area contributed by atoms with Crippen LogP contribution < -0.4 is 10.6 Å². The second-order valence-corrected chi connectivity index (χ2v) is 8.27. The van der Waals surface area contributed by atoms with E-state index in [9.17, 15) is 9.59 Å². The number of hydrogen-bond donors (Lipinski definition) is 2. The molecule has 0 saturated heterocycles. The van der Waals surface area contributed by atoms with Crippen molar-refractivity contribution in [1.82, 2.24) is 4.98 Å². The van der Waals surface area contributed by atoms with Gasteiger partial charge in [0.05, 0.1) is 28.0 Å². The maximum atomic E-state index is 12.3. The number of thiophene rings is 1. The van der Waals surface area contributed by atoms with Crippen molar-refractivity contribution in [1.29, 1.82) is 0 Å². The average molecular weight is 444 g/mol. The third-order valence-electron chi connectivity index (χ3n) is 4.04. The number of fused-ring (bicyclic) bond motifs is 1. The topological polar surface area (TPSA) is 80.3 Å². The van der Waals surface area contributed by atoms with Crippen LogP contribution >= 0.6 is 34.3 Å². The van der Waals surface area contributed by atoms with Gasteiger partial charge in [-0.1, -0.05) is 23.7 Å². The summed E-state index contributed by atoms with van der Waals surface area (Å²) < 4.78 is 5.79. The highest BCUT2D eigenvalue weighted by Gasteiger charge is 2.16. The zero-order chi connectivity index (χ0) is 20.4. The van der Waals surface area contributed by atoms with Crippen molar-refractivity contribution >= 4 is 67.9 Å². The third kappa shape index (κ3) is 4.09. The summed E-state index contributed by atoms with van der Waals surface area (Å²) in [5, 5.41) is 8.35. The van der Waals surface area contributed by atoms with Crippen LogP contribution in [-0.4, -0.2) is 24.1 Å². The van der Waals surface area contributed by atoms with Crippen molar-refractivity contribution in [2.75, 3.05) is 17.7 Å². The fraction of sp³-hybridized carbons (Fsp3) is 0.0500. The van der Waals surface area contributed by atoms with E-state index in [2.05, 4.69) is 15.6 Å². The molecule has 2 N–H and O–H groups in total. The summed E-state index contributed by atoms with van der Waals surface area (Å²) in [4.78, 5) is 29.0. The number of anilines is 2. The van der Waals surface area contributed by atoms with E-state index in [0.717, 1.165) is 20.8 Å². The molecule has 4 rings (SSSR count). The van der Waals surface area contributed by atoms with Crippen LogP contribution in [0.1, 0.15) is 9.67 Å². The lowest BCUT2D eigenvalue weighted by Crippen LogP contribution is -2.20. The predicted octanol–water partition coefficient (Wildman–Crippen LogP) is 6.11. The number of rotatable bonds is 4. The molecular weight excluding hydrogens is 430 g/mol. The number of para-hydroxylation sites is 1. The molecule has 0 fully saturated rings. The highest BCUT2D eigenvalue weighted by molar-refractivity contribution is 7.21. The first-order valence-corrected chi connectivity index (χ1v) is 10.5. The van der Waals surface area contributed by atoms with Crippen LogP contribution in [-0.2, 0) is 4.74 Å². The first kappa shape index (κ1) is 19.4. The molecule has 2 aromatic heterocycles. The summed E-state index contributed by atoms with van der Waals surface area (Å²) in [6.07, 6.45) is 0. The van der Waals surface area contributed by atoms with Gasteiger partial charge in [0.15, 0.2) is 0 Å². The number of aromatic nitrogens is 1. The Balaban J connectivity index is 1.50. The molecule has 0 aliphatic rings. The molecule has 146 valence electrons. The Morgan fingerprint density at radius 2 is 1.93 bits per heavy atom.